The molecule has 0 aliphatic carbocycles. The molecule has 1 atom stereocenters. The number of amides is 1. The highest BCUT2D eigenvalue weighted by atomic mass is 16.4. The molecule has 0 aliphatic rings. The highest BCUT2D eigenvalue weighted by molar-refractivity contribution is 5.85. The molecule has 0 bridgehead atoms. The summed E-state index contributed by atoms with van der Waals surface area (Å²) in [4.78, 5) is 23.7. The first-order chi connectivity index (χ1) is 13.0. The second-order valence-electron chi connectivity index (χ2n) is 6.91. The molecule has 0 spiro atoms. The number of carbonyl (C=O) groups is 2. The van der Waals surface area contributed by atoms with Crippen LogP contribution in [0.25, 0.3) is 10.8 Å². The summed E-state index contributed by atoms with van der Waals surface area (Å²) in [6.45, 7) is 2.00. The predicted molar refractivity (Wildman–Crippen MR) is 107 cm³/mol. The first kappa shape index (κ1) is 18.6. The van der Waals surface area contributed by atoms with E-state index in [0.29, 0.717) is 6.42 Å². The molecule has 27 heavy (non-hydrogen) atoms. The van der Waals surface area contributed by atoms with Gasteiger partial charge in [-0.25, -0.2) is 0 Å². The fourth-order valence-electron chi connectivity index (χ4n) is 3.21. The third-order valence-electron chi connectivity index (χ3n) is 4.57. The van der Waals surface area contributed by atoms with Crippen LogP contribution in [-0.2, 0) is 22.4 Å². The maximum atomic E-state index is 12.5. The second kappa shape index (κ2) is 8.49. The molecule has 0 saturated carbocycles. The van der Waals surface area contributed by atoms with Crippen LogP contribution in [0.15, 0.2) is 66.7 Å². The fraction of sp³-hybridized carbons (Fsp3) is 0.217. The number of fused-ring (bicyclic) bond motifs is 1. The van der Waals surface area contributed by atoms with Gasteiger partial charge in [-0.15, -0.1) is 0 Å². The van der Waals surface area contributed by atoms with E-state index in [1.807, 2.05) is 73.7 Å². The Hall–Kier alpha value is -3.14. The Morgan fingerprint density at radius 1 is 0.926 bits per heavy atom. The summed E-state index contributed by atoms with van der Waals surface area (Å²) in [5, 5.41) is 14.3. The number of carbonyl (C=O) groups excluding carboxylic acids is 1. The van der Waals surface area contributed by atoms with Crippen molar-refractivity contribution in [2.45, 2.75) is 32.2 Å². The molecule has 4 heteroatoms. The Balaban J connectivity index is 1.67. The number of carboxylic acid groups (broad SMARTS) is 1. The molecule has 0 radical (unpaired) electrons. The van der Waals surface area contributed by atoms with Crippen LogP contribution in [0, 0.1) is 6.92 Å². The summed E-state index contributed by atoms with van der Waals surface area (Å²) in [6, 6.07) is 21.4. The lowest BCUT2D eigenvalue weighted by Crippen LogP contribution is -2.38. The molecular weight excluding hydrogens is 338 g/mol. The quantitative estimate of drug-likeness (QED) is 0.671. The molecule has 4 nitrogen and oxygen atoms in total. The molecule has 0 aliphatic heterocycles. The fourth-order valence-corrected chi connectivity index (χ4v) is 3.21. The minimum absolute atomic E-state index is 0.0999. The second-order valence-corrected chi connectivity index (χ2v) is 6.91. The normalized spacial score (nSPS) is 11.9. The summed E-state index contributed by atoms with van der Waals surface area (Å²) in [7, 11) is 0. The van der Waals surface area contributed by atoms with Gasteiger partial charge < -0.3 is 10.4 Å². The van der Waals surface area contributed by atoms with E-state index >= 15 is 0 Å². The van der Waals surface area contributed by atoms with Crippen LogP contribution in [0.2, 0.25) is 0 Å². The van der Waals surface area contributed by atoms with Crippen molar-refractivity contribution in [1.29, 1.82) is 0 Å². The number of rotatable bonds is 7. The molecule has 1 amide bonds. The molecular formula is C23H23NO3. The van der Waals surface area contributed by atoms with E-state index in [1.165, 1.54) is 0 Å². The minimum Gasteiger partial charge on any atom is -0.481 e. The van der Waals surface area contributed by atoms with E-state index in [2.05, 4.69) is 5.32 Å². The number of aryl methyl sites for hydroxylation is 1. The molecule has 0 fully saturated rings. The van der Waals surface area contributed by atoms with Gasteiger partial charge in [-0.05, 0) is 35.2 Å². The molecule has 0 heterocycles. The van der Waals surface area contributed by atoms with Gasteiger partial charge in [0.1, 0.15) is 0 Å². The van der Waals surface area contributed by atoms with Crippen molar-refractivity contribution in [2.24, 2.45) is 0 Å². The topological polar surface area (TPSA) is 66.4 Å². The van der Waals surface area contributed by atoms with Crippen molar-refractivity contribution >= 4 is 22.6 Å². The molecule has 0 aromatic heterocycles. The van der Waals surface area contributed by atoms with Gasteiger partial charge in [0.05, 0.1) is 12.8 Å². The number of hydrogen-bond acceptors (Lipinski definition) is 2. The van der Waals surface area contributed by atoms with Crippen molar-refractivity contribution < 1.29 is 14.7 Å². The van der Waals surface area contributed by atoms with Crippen LogP contribution in [0.1, 0.15) is 23.1 Å². The van der Waals surface area contributed by atoms with Crippen LogP contribution >= 0.6 is 0 Å². The van der Waals surface area contributed by atoms with Gasteiger partial charge in [0.2, 0.25) is 5.91 Å². The number of benzene rings is 3. The Kier molecular flexibility index (Phi) is 5.87. The summed E-state index contributed by atoms with van der Waals surface area (Å²) in [5.74, 6) is -1.08. The summed E-state index contributed by atoms with van der Waals surface area (Å²) < 4.78 is 0. The molecule has 2 N–H and O–H groups in total. The Morgan fingerprint density at radius 3 is 2.30 bits per heavy atom. The van der Waals surface area contributed by atoms with Crippen molar-refractivity contribution in [3.05, 3.63) is 83.4 Å². The van der Waals surface area contributed by atoms with Gasteiger partial charge in [-0.2, -0.15) is 0 Å². The lowest BCUT2D eigenvalue weighted by molar-refractivity contribution is -0.137. The van der Waals surface area contributed by atoms with E-state index in [4.69, 9.17) is 0 Å². The van der Waals surface area contributed by atoms with Crippen LogP contribution in [0.4, 0.5) is 0 Å². The highest BCUT2D eigenvalue weighted by Gasteiger charge is 2.17. The largest absolute Gasteiger partial charge is 0.481 e. The zero-order valence-corrected chi connectivity index (χ0v) is 15.3. The summed E-state index contributed by atoms with van der Waals surface area (Å²) in [6.07, 6.45) is 0.627. The number of aliphatic carboxylic acids is 1. The summed E-state index contributed by atoms with van der Waals surface area (Å²) in [5.41, 5.74) is 3.07. The lowest BCUT2D eigenvalue weighted by Gasteiger charge is -2.17. The molecule has 1 unspecified atom stereocenters. The van der Waals surface area contributed by atoms with Crippen LogP contribution in [0.5, 0.6) is 0 Å². The Labute approximate surface area is 158 Å². The first-order valence-corrected chi connectivity index (χ1v) is 9.04. The van der Waals surface area contributed by atoms with E-state index in [9.17, 15) is 14.7 Å². The predicted octanol–water partition coefficient (Wildman–Crippen LogP) is 3.89. The van der Waals surface area contributed by atoms with Crippen LogP contribution in [-0.4, -0.2) is 23.0 Å². The summed E-state index contributed by atoms with van der Waals surface area (Å²) >= 11 is 0. The zero-order valence-electron chi connectivity index (χ0n) is 15.3. The van der Waals surface area contributed by atoms with Gasteiger partial charge >= 0.3 is 5.97 Å². The van der Waals surface area contributed by atoms with E-state index in [0.717, 1.165) is 27.5 Å². The smallest absolute Gasteiger partial charge is 0.305 e. The molecule has 3 rings (SSSR count). The zero-order chi connectivity index (χ0) is 19.2. The van der Waals surface area contributed by atoms with E-state index < -0.39 is 12.0 Å². The van der Waals surface area contributed by atoms with Gasteiger partial charge in [0.25, 0.3) is 0 Å². The number of nitrogens with one attached hydrogen (secondary N) is 1. The van der Waals surface area contributed by atoms with Gasteiger partial charge in [0, 0.05) is 6.04 Å². The molecule has 0 saturated heterocycles. The van der Waals surface area contributed by atoms with E-state index in [1.54, 1.807) is 0 Å². The van der Waals surface area contributed by atoms with E-state index in [-0.39, 0.29) is 18.7 Å². The van der Waals surface area contributed by atoms with Crippen molar-refractivity contribution in [1.82, 2.24) is 5.32 Å². The van der Waals surface area contributed by atoms with Gasteiger partial charge in [0.15, 0.2) is 0 Å². The third kappa shape index (κ3) is 5.42. The van der Waals surface area contributed by atoms with Crippen molar-refractivity contribution in [2.75, 3.05) is 0 Å². The standard InChI is InChI=1S/C23H23NO3/c1-16-6-8-17(9-7-16)13-21(15-23(26)27)24-22(25)14-18-10-11-19-4-2-3-5-20(19)12-18/h2-12,21H,13-15H2,1H3,(H,24,25)(H,26,27). The minimum atomic E-state index is -0.918. The molecule has 3 aromatic carbocycles. The average molecular weight is 361 g/mol. The van der Waals surface area contributed by atoms with Crippen LogP contribution in [0.3, 0.4) is 0 Å². The maximum absolute atomic E-state index is 12.5. The Morgan fingerprint density at radius 2 is 1.59 bits per heavy atom. The SMILES string of the molecule is Cc1ccc(CC(CC(=O)O)NC(=O)Cc2ccc3ccccc3c2)cc1. The number of hydrogen-bond donors (Lipinski definition) is 2. The first-order valence-electron chi connectivity index (χ1n) is 9.04. The van der Waals surface area contributed by atoms with Gasteiger partial charge in [-0.3, -0.25) is 9.59 Å². The highest BCUT2D eigenvalue weighted by Crippen LogP contribution is 2.16. The van der Waals surface area contributed by atoms with Crippen molar-refractivity contribution in [3.63, 3.8) is 0 Å². The lowest BCUT2D eigenvalue weighted by atomic mass is 10.0. The maximum Gasteiger partial charge on any atom is 0.305 e. The monoisotopic (exact) mass is 361 g/mol. The van der Waals surface area contributed by atoms with Crippen LogP contribution < -0.4 is 5.32 Å². The Bertz CT molecular complexity index is 947. The molecule has 138 valence electrons. The average Bonchev–Trinajstić information content (AvgIpc) is 2.63. The van der Waals surface area contributed by atoms with Gasteiger partial charge in [-0.1, -0.05) is 72.3 Å². The molecule has 3 aromatic rings. The van der Waals surface area contributed by atoms with Crippen molar-refractivity contribution in [3.8, 4) is 0 Å². The third-order valence-corrected chi connectivity index (χ3v) is 4.57. The number of carboxylic acids is 1.